The van der Waals surface area contributed by atoms with E-state index >= 15 is 0 Å². The van der Waals surface area contributed by atoms with Crippen LogP contribution in [-0.2, 0) is 4.79 Å². The molecule has 6 heteroatoms. The molecule has 1 aliphatic rings. The second kappa shape index (κ2) is 4.09. The van der Waals surface area contributed by atoms with Gasteiger partial charge >= 0.3 is 0 Å². The topological polar surface area (TPSA) is 53.5 Å². The monoisotopic (exact) mass is 241 g/mol. The summed E-state index contributed by atoms with van der Waals surface area (Å²) in [6.07, 6.45) is 0. The van der Waals surface area contributed by atoms with Gasteiger partial charge in [0.05, 0.1) is 0 Å². The highest BCUT2D eigenvalue weighted by atomic mass is 35.5. The Morgan fingerprint density at radius 2 is 2.25 bits per heavy atom. The van der Waals surface area contributed by atoms with Gasteiger partial charge in [0.25, 0.3) is 5.91 Å². The Balaban J connectivity index is 2.35. The Morgan fingerprint density at radius 1 is 1.50 bits per heavy atom. The van der Waals surface area contributed by atoms with Gasteiger partial charge in [-0.05, 0) is 12.1 Å². The highest BCUT2D eigenvalue weighted by molar-refractivity contribution is 6.30. The molecule has 1 atom stereocenters. The van der Waals surface area contributed by atoms with E-state index in [1.165, 1.54) is 25.2 Å². The molecule has 1 fully saturated rings. The van der Waals surface area contributed by atoms with E-state index in [4.69, 9.17) is 11.6 Å². The van der Waals surface area contributed by atoms with Gasteiger partial charge in [-0.15, -0.1) is 0 Å². The number of hydrogen-bond acceptors (Lipinski definition) is 2. The maximum Gasteiger partial charge on any atom is 0.254 e. The summed E-state index contributed by atoms with van der Waals surface area (Å²) in [6, 6.07) is 3.44. The lowest BCUT2D eigenvalue weighted by molar-refractivity contribution is -0.120. The predicted octanol–water partition coefficient (Wildman–Crippen LogP) is 1.23. The number of rotatable bonds is 1. The first kappa shape index (κ1) is 10.9. The van der Waals surface area contributed by atoms with Gasteiger partial charge < -0.3 is 5.32 Å². The number of benzene rings is 1. The third-order valence-corrected chi connectivity index (χ3v) is 2.52. The van der Waals surface area contributed by atoms with Gasteiger partial charge in [-0.2, -0.15) is 0 Å². The number of amides is 1. The Hall–Kier alpha value is -1.62. The zero-order valence-electron chi connectivity index (χ0n) is 8.42. The summed E-state index contributed by atoms with van der Waals surface area (Å²) >= 11 is 5.63. The van der Waals surface area contributed by atoms with Crippen molar-refractivity contribution >= 4 is 23.5 Å². The molecule has 1 aromatic rings. The van der Waals surface area contributed by atoms with Crippen LogP contribution in [0.25, 0.3) is 0 Å². The first-order chi connectivity index (χ1) is 7.61. The lowest BCUT2D eigenvalue weighted by atomic mass is 10.1. The second-order valence-electron chi connectivity index (χ2n) is 3.30. The molecule has 0 bridgehead atoms. The summed E-state index contributed by atoms with van der Waals surface area (Å²) in [7, 11) is 1.53. The van der Waals surface area contributed by atoms with Crippen LogP contribution in [0.2, 0.25) is 5.02 Å². The van der Waals surface area contributed by atoms with E-state index in [9.17, 15) is 9.18 Å². The standard InChI is InChI=1S/C10H9ClFN3O/c1-13-10-14-8(9(16)15-10)6-3-2-5(11)4-7(6)12/h2-4,8H,1H3,(H2,13,14,15,16). The lowest BCUT2D eigenvalue weighted by Crippen LogP contribution is -2.24. The fourth-order valence-corrected chi connectivity index (χ4v) is 1.66. The van der Waals surface area contributed by atoms with Crippen molar-refractivity contribution in [2.24, 2.45) is 4.99 Å². The maximum absolute atomic E-state index is 13.6. The van der Waals surface area contributed by atoms with E-state index in [0.29, 0.717) is 11.0 Å². The molecule has 4 nitrogen and oxygen atoms in total. The van der Waals surface area contributed by atoms with Crippen molar-refractivity contribution < 1.29 is 9.18 Å². The summed E-state index contributed by atoms with van der Waals surface area (Å²) in [6.45, 7) is 0. The molecular weight excluding hydrogens is 233 g/mol. The van der Waals surface area contributed by atoms with Crippen LogP contribution in [0.15, 0.2) is 23.2 Å². The summed E-state index contributed by atoms with van der Waals surface area (Å²) in [4.78, 5) is 15.3. The van der Waals surface area contributed by atoms with Gasteiger partial charge in [0.15, 0.2) is 5.96 Å². The average molecular weight is 242 g/mol. The highest BCUT2D eigenvalue weighted by Crippen LogP contribution is 2.22. The zero-order valence-corrected chi connectivity index (χ0v) is 9.18. The normalized spacial score (nSPS) is 22.1. The number of carbonyl (C=O) groups excluding carboxylic acids is 1. The van der Waals surface area contributed by atoms with Gasteiger partial charge in [0.1, 0.15) is 11.9 Å². The number of nitrogens with zero attached hydrogens (tertiary/aromatic N) is 1. The number of hydrogen-bond donors (Lipinski definition) is 2. The Morgan fingerprint density at radius 3 is 2.81 bits per heavy atom. The van der Waals surface area contributed by atoms with Crippen LogP contribution >= 0.6 is 11.6 Å². The van der Waals surface area contributed by atoms with Crippen LogP contribution in [0.3, 0.4) is 0 Å². The molecule has 84 valence electrons. The third kappa shape index (κ3) is 1.86. The first-order valence-electron chi connectivity index (χ1n) is 4.61. The molecule has 0 radical (unpaired) electrons. The predicted molar refractivity (Wildman–Crippen MR) is 58.8 cm³/mol. The molecule has 0 saturated carbocycles. The molecule has 2 N–H and O–H groups in total. The minimum atomic E-state index is -0.754. The van der Waals surface area contributed by atoms with Crippen molar-refractivity contribution in [2.45, 2.75) is 6.04 Å². The van der Waals surface area contributed by atoms with Crippen LogP contribution in [0, 0.1) is 5.82 Å². The average Bonchev–Trinajstić information content (AvgIpc) is 2.60. The van der Waals surface area contributed by atoms with Gasteiger partial charge in [0.2, 0.25) is 0 Å². The quantitative estimate of drug-likeness (QED) is 0.777. The van der Waals surface area contributed by atoms with Gasteiger partial charge in [-0.3, -0.25) is 15.1 Å². The molecule has 1 aromatic carbocycles. The number of aliphatic imine (C=N–C) groups is 1. The molecule has 1 heterocycles. The van der Waals surface area contributed by atoms with Crippen LogP contribution in [0.1, 0.15) is 11.6 Å². The van der Waals surface area contributed by atoms with E-state index in [0.717, 1.165) is 0 Å². The molecule has 2 rings (SSSR count). The third-order valence-electron chi connectivity index (χ3n) is 2.28. The van der Waals surface area contributed by atoms with E-state index in [1.54, 1.807) is 0 Å². The zero-order chi connectivity index (χ0) is 11.7. The molecular formula is C10H9ClFN3O. The SMILES string of the molecule is CN=C1NC(=O)C(c2ccc(Cl)cc2F)N1. The second-order valence-corrected chi connectivity index (χ2v) is 3.74. The van der Waals surface area contributed by atoms with Crippen LogP contribution in [0.4, 0.5) is 4.39 Å². The van der Waals surface area contributed by atoms with Crippen molar-refractivity contribution in [3.05, 3.63) is 34.6 Å². The van der Waals surface area contributed by atoms with E-state index in [1.807, 2.05) is 0 Å². The summed E-state index contributed by atoms with van der Waals surface area (Å²) in [5, 5.41) is 5.56. The fourth-order valence-electron chi connectivity index (χ4n) is 1.50. The summed E-state index contributed by atoms with van der Waals surface area (Å²) in [5.74, 6) is -0.510. The molecule has 1 unspecified atom stereocenters. The van der Waals surface area contributed by atoms with E-state index < -0.39 is 11.9 Å². The van der Waals surface area contributed by atoms with Crippen molar-refractivity contribution in [2.75, 3.05) is 7.05 Å². The molecule has 0 spiro atoms. The van der Waals surface area contributed by atoms with Crippen molar-refractivity contribution in [3.63, 3.8) is 0 Å². The molecule has 16 heavy (non-hydrogen) atoms. The van der Waals surface area contributed by atoms with Crippen LogP contribution in [0.5, 0.6) is 0 Å². The Bertz CT molecular complexity index is 475. The molecule has 1 aliphatic heterocycles. The Kier molecular flexibility index (Phi) is 2.78. The van der Waals surface area contributed by atoms with Crippen molar-refractivity contribution in [1.29, 1.82) is 0 Å². The van der Waals surface area contributed by atoms with E-state index in [2.05, 4.69) is 15.6 Å². The molecule has 1 saturated heterocycles. The summed E-state index contributed by atoms with van der Waals surface area (Å²) in [5.41, 5.74) is 0.251. The molecule has 0 aromatic heterocycles. The van der Waals surface area contributed by atoms with E-state index in [-0.39, 0.29) is 11.5 Å². The van der Waals surface area contributed by atoms with Crippen LogP contribution < -0.4 is 10.6 Å². The summed E-state index contributed by atoms with van der Waals surface area (Å²) < 4.78 is 13.6. The molecule has 0 aliphatic carbocycles. The number of nitrogens with one attached hydrogen (secondary N) is 2. The highest BCUT2D eigenvalue weighted by Gasteiger charge is 2.31. The largest absolute Gasteiger partial charge is 0.340 e. The minimum absolute atomic E-state index is 0.251. The molecule has 1 amide bonds. The minimum Gasteiger partial charge on any atom is -0.340 e. The maximum atomic E-state index is 13.6. The fraction of sp³-hybridized carbons (Fsp3) is 0.200. The van der Waals surface area contributed by atoms with Crippen molar-refractivity contribution in [3.8, 4) is 0 Å². The number of halogens is 2. The van der Waals surface area contributed by atoms with Gasteiger partial charge in [-0.25, -0.2) is 4.39 Å². The number of guanidine groups is 1. The van der Waals surface area contributed by atoms with Gasteiger partial charge in [0, 0.05) is 17.6 Å². The smallest absolute Gasteiger partial charge is 0.254 e. The Labute approximate surface area is 96.5 Å². The van der Waals surface area contributed by atoms with Crippen LogP contribution in [-0.4, -0.2) is 18.9 Å². The number of carbonyl (C=O) groups is 1. The first-order valence-corrected chi connectivity index (χ1v) is 4.98. The van der Waals surface area contributed by atoms with Crippen molar-refractivity contribution in [1.82, 2.24) is 10.6 Å². The van der Waals surface area contributed by atoms with Gasteiger partial charge in [-0.1, -0.05) is 17.7 Å². The lowest BCUT2D eigenvalue weighted by Gasteiger charge is -2.09.